The minimum Gasteiger partial charge on any atom is -0.497 e. The quantitative estimate of drug-likeness (QED) is 0.575. The number of hydrogen-bond donors (Lipinski definition) is 1. The summed E-state index contributed by atoms with van der Waals surface area (Å²) in [6.07, 6.45) is 1.99. The fraction of sp³-hybridized carbons (Fsp3) is 0.200. The molecule has 25 heavy (non-hydrogen) atoms. The Morgan fingerprint density at radius 1 is 1.20 bits per heavy atom. The molecule has 0 atom stereocenters. The minimum absolute atomic E-state index is 0.153. The van der Waals surface area contributed by atoms with Gasteiger partial charge >= 0.3 is 0 Å². The average molecular weight is 335 g/mol. The van der Waals surface area contributed by atoms with Gasteiger partial charge in [-0.05, 0) is 30.7 Å². The number of fused-ring (bicyclic) bond motifs is 1. The second-order valence-electron chi connectivity index (χ2n) is 5.89. The molecule has 0 aliphatic carbocycles. The Morgan fingerprint density at radius 2 is 1.92 bits per heavy atom. The molecule has 1 amide bonds. The third kappa shape index (κ3) is 3.55. The molecule has 5 nitrogen and oxygen atoms in total. The van der Waals surface area contributed by atoms with Crippen LogP contribution in [0.4, 0.5) is 0 Å². The number of amides is 1. The first-order chi connectivity index (χ1) is 12.1. The molecule has 2 aromatic carbocycles. The number of ether oxygens (including phenoxy) is 1. The van der Waals surface area contributed by atoms with Crippen molar-refractivity contribution >= 4 is 23.0 Å². The Bertz CT molecular complexity index is 924. The molecule has 0 radical (unpaired) electrons. The van der Waals surface area contributed by atoms with Crippen LogP contribution in [0.1, 0.15) is 16.8 Å². The zero-order valence-corrected chi connectivity index (χ0v) is 14.6. The lowest BCUT2D eigenvalue weighted by Gasteiger charge is -2.03. The molecule has 1 heterocycles. The molecule has 0 aliphatic heterocycles. The maximum absolute atomic E-state index is 12.0. The summed E-state index contributed by atoms with van der Waals surface area (Å²) in [4.78, 5) is 12.0. The van der Waals surface area contributed by atoms with Crippen LogP contribution in [0.5, 0.6) is 5.75 Å². The van der Waals surface area contributed by atoms with Crippen molar-refractivity contribution in [2.45, 2.75) is 13.3 Å². The van der Waals surface area contributed by atoms with E-state index in [1.165, 1.54) is 0 Å². The van der Waals surface area contributed by atoms with E-state index in [1.54, 1.807) is 13.3 Å². The maximum atomic E-state index is 12.0. The van der Waals surface area contributed by atoms with Gasteiger partial charge in [0.25, 0.3) is 0 Å². The molecular weight excluding hydrogens is 314 g/mol. The van der Waals surface area contributed by atoms with E-state index < -0.39 is 0 Å². The molecule has 0 aliphatic rings. The Balaban J connectivity index is 1.68. The largest absolute Gasteiger partial charge is 0.497 e. The number of hydrogen-bond acceptors (Lipinski definition) is 3. The molecule has 0 bridgehead atoms. The standard InChI is InChI=1S/C20H21N3O2/c1-14-18(17-6-4-5-7-19(17)23(14)2)13-21-22-20(24)12-15-8-10-16(25-3)11-9-15/h4-11,13H,12H2,1-3H3,(H,22,24)/b21-13-. The summed E-state index contributed by atoms with van der Waals surface area (Å²) in [6.45, 7) is 2.04. The first kappa shape index (κ1) is 16.8. The van der Waals surface area contributed by atoms with Crippen LogP contribution in [-0.2, 0) is 18.3 Å². The number of para-hydroxylation sites is 1. The molecular formula is C20H21N3O2. The lowest BCUT2D eigenvalue weighted by Crippen LogP contribution is -2.19. The van der Waals surface area contributed by atoms with Crippen molar-refractivity contribution in [3.63, 3.8) is 0 Å². The van der Waals surface area contributed by atoms with Gasteiger partial charge in [-0.1, -0.05) is 30.3 Å². The number of methoxy groups -OCH3 is 1. The van der Waals surface area contributed by atoms with Crippen molar-refractivity contribution in [2.24, 2.45) is 12.1 Å². The van der Waals surface area contributed by atoms with Crippen molar-refractivity contribution in [1.29, 1.82) is 0 Å². The maximum Gasteiger partial charge on any atom is 0.244 e. The number of nitrogens with zero attached hydrogens (tertiary/aromatic N) is 2. The van der Waals surface area contributed by atoms with E-state index in [0.717, 1.165) is 33.5 Å². The van der Waals surface area contributed by atoms with Gasteiger partial charge in [-0.25, -0.2) is 5.43 Å². The molecule has 5 heteroatoms. The van der Waals surface area contributed by atoms with Crippen LogP contribution < -0.4 is 10.2 Å². The van der Waals surface area contributed by atoms with Crippen molar-refractivity contribution in [3.05, 3.63) is 65.4 Å². The van der Waals surface area contributed by atoms with Crippen LogP contribution in [0.3, 0.4) is 0 Å². The topological polar surface area (TPSA) is 55.6 Å². The summed E-state index contributed by atoms with van der Waals surface area (Å²) < 4.78 is 7.23. The van der Waals surface area contributed by atoms with Crippen molar-refractivity contribution in [2.75, 3.05) is 7.11 Å². The van der Waals surface area contributed by atoms with E-state index in [4.69, 9.17) is 4.74 Å². The second-order valence-corrected chi connectivity index (χ2v) is 5.89. The van der Waals surface area contributed by atoms with Crippen LogP contribution in [0.15, 0.2) is 53.6 Å². The van der Waals surface area contributed by atoms with E-state index in [9.17, 15) is 4.79 Å². The molecule has 0 fully saturated rings. The highest BCUT2D eigenvalue weighted by Gasteiger charge is 2.09. The number of carbonyl (C=O) groups excluding carboxylic acids is 1. The highest BCUT2D eigenvalue weighted by Crippen LogP contribution is 2.22. The minimum atomic E-state index is -0.153. The number of aryl methyl sites for hydroxylation is 1. The molecule has 1 N–H and O–H groups in total. The summed E-state index contributed by atoms with van der Waals surface area (Å²) in [5.74, 6) is 0.618. The lowest BCUT2D eigenvalue weighted by atomic mass is 10.1. The van der Waals surface area contributed by atoms with Crippen molar-refractivity contribution in [1.82, 2.24) is 9.99 Å². The Hall–Kier alpha value is -3.08. The van der Waals surface area contributed by atoms with Crippen LogP contribution in [0.25, 0.3) is 10.9 Å². The highest BCUT2D eigenvalue weighted by molar-refractivity contribution is 6.01. The summed E-state index contributed by atoms with van der Waals surface area (Å²) in [7, 11) is 3.64. The first-order valence-corrected chi connectivity index (χ1v) is 8.09. The van der Waals surface area contributed by atoms with Gasteiger partial charge in [0.2, 0.25) is 5.91 Å². The first-order valence-electron chi connectivity index (χ1n) is 8.09. The van der Waals surface area contributed by atoms with Gasteiger partial charge in [0, 0.05) is 29.2 Å². The van der Waals surface area contributed by atoms with Gasteiger partial charge in [0.1, 0.15) is 5.75 Å². The predicted molar refractivity (Wildman–Crippen MR) is 100 cm³/mol. The van der Waals surface area contributed by atoms with Gasteiger partial charge < -0.3 is 9.30 Å². The molecule has 3 rings (SSSR count). The van der Waals surface area contributed by atoms with Crippen LogP contribution >= 0.6 is 0 Å². The number of nitrogens with one attached hydrogen (secondary N) is 1. The third-order valence-corrected chi connectivity index (χ3v) is 4.36. The van der Waals surface area contributed by atoms with Gasteiger partial charge in [-0.15, -0.1) is 0 Å². The Kier molecular flexibility index (Phi) is 4.84. The average Bonchev–Trinajstić information content (AvgIpc) is 2.87. The molecule has 1 aromatic heterocycles. The summed E-state index contributed by atoms with van der Waals surface area (Å²) in [6, 6.07) is 15.6. The third-order valence-electron chi connectivity index (χ3n) is 4.36. The van der Waals surface area contributed by atoms with E-state index in [0.29, 0.717) is 0 Å². The zero-order chi connectivity index (χ0) is 17.8. The van der Waals surface area contributed by atoms with Gasteiger partial charge in [-0.3, -0.25) is 4.79 Å². The van der Waals surface area contributed by atoms with Crippen LogP contribution in [0.2, 0.25) is 0 Å². The lowest BCUT2D eigenvalue weighted by molar-refractivity contribution is -0.120. The number of aromatic nitrogens is 1. The smallest absolute Gasteiger partial charge is 0.244 e. The fourth-order valence-corrected chi connectivity index (χ4v) is 2.85. The Morgan fingerprint density at radius 3 is 2.64 bits per heavy atom. The van der Waals surface area contributed by atoms with Gasteiger partial charge in [0.05, 0.1) is 19.7 Å². The SMILES string of the molecule is COc1ccc(CC(=O)N/N=C\c2c(C)n(C)c3ccccc23)cc1. The molecule has 0 saturated heterocycles. The molecule has 128 valence electrons. The fourth-order valence-electron chi connectivity index (χ4n) is 2.85. The normalized spacial score (nSPS) is 11.2. The van der Waals surface area contributed by atoms with E-state index in [-0.39, 0.29) is 12.3 Å². The molecule has 0 spiro atoms. The van der Waals surface area contributed by atoms with E-state index in [2.05, 4.69) is 27.2 Å². The number of carbonyl (C=O) groups is 1. The summed E-state index contributed by atoms with van der Waals surface area (Å²) >= 11 is 0. The van der Waals surface area contributed by atoms with E-state index in [1.807, 2.05) is 50.4 Å². The molecule has 3 aromatic rings. The summed E-state index contributed by atoms with van der Waals surface area (Å²) in [5.41, 5.74) is 6.78. The van der Waals surface area contributed by atoms with Crippen molar-refractivity contribution < 1.29 is 9.53 Å². The zero-order valence-electron chi connectivity index (χ0n) is 14.6. The van der Waals surface area contributed by atoms with Gasteiger partial charge in [-0.2, -0.15) is 5.10 Å². The monoisotopic (exact) mass is 335 g/mol. The Labute approximate surface area is 146 Å². The molecule has 0 saturated carbocycles. The van der Waals surface area contributed by atoms with Crippen LogP contribution in [0, 0.1) is 6.92 Å². The number of benzene rings is 2. The van der Waals surface area contributed by atoms with E-state index >= 15 is 0 Å². The van der Waals surface area contributed by atoms with Gasteiger partial charge in [0.15, 0.2) is 0 Å². The predicted octanol–water partition coefficient (Wildman–Crippen LogP) is 3.19. The molecule has 0 unspecified atom stereocenters. The highest BCUT2D eigenvalue weighted by atomic mass is 16.5. The second kappa shape index (κ2) is 7.21. The van der Waals surface area contributed by atoms with Crippen molar-refractivity contribution in [3.8, 4) is 5.75 Å². The summed E-state index contributed by atoms with van der Waals surface area (Å²) in [5, 5.41) is 5.25. The number of hydrazone groups is 1. The van der Waals surface area contributed by atoms with Crippen LogP contribution in [-0.4, -0.2) is 23.8 Å². The number of rotatable bonds is 5.